The molecule has 0 fully saturated rings. The first-order chi connectivity index (χ1) is 27.1. The summed E-state index contributed by atoms with van der Waals surface area (Å²) in [5, 5.41) is 15.8. The second-order valence-electron chi connectivity index (χ2n) is 21.3. The molecule has 0 bridgehead atoms. The fourth-order valence-electron chi connectivity index (χ4n) is 9.53. The van der Waals surface area contributed by atoms with Crippen LogP contribution in [0, 0.1) is 16.7 Å². The predicted molar refractivity (Wildman–Crippen MR) is 245 cm³/mol. The molecule has 58 heavy (non-hydrogen) atoms. The zero-order chi connectivity index (χ0) is 41.5. The van der Waals surface area contributed by atoms with Crippen molar-refractivity contribution in [3.8, 4) is 11.8 Å². The minimum Gasteiger partial charge on any atom is -0.454 e. The molecule has 2 aromatic heterocycles. The summed E-state index contributed by atoms with van der Waals surface area (Å²) in [6, 6.07) is 34.0. The number of anilines is 2. The van der Waals surface area contributed by atoms with Gasteiger partial charge in [0.25, 0.3) is 0 Å². The molecule has 2 aliphatic rings. The lowest BCUT2D eigenvalue weighted by molar-refractivity contribution is 0.482. The van der Waals surface area contributed by atoms with Crippen LogP contribution in [-0.4, -0.2) is 10.1 Å². The van der Waals surface area contributed by atoms with Crippen molar-refractivity contribution in [2.45, 2.75) is 118 Å². The van der Waals surface area contributed by atoms with Crippen molar-refractivity contribution in [3.05, 3.63) is 137 Å². The number of benzene rings is 5. The van der Waals surface area contributed by atoms with Crippen molar-refractivity contribution in [1.29, 1.82) is 5.26 Å². The van der Waals surface area contributed by atoms with E-state index in [2.05, 4.69) is 197 Å². The highest BCUT2D eigenvalue weighted by Crippen LogP contribution is 2.59. The number of hydrogen-bond acceptors (Lipinski definition) is 3. The summed E-state index contributed by atoms with van der Waals surface area (Å²) in [5.41, 5.74) is 13.1. The number of aromatic nitrogens is 1. The van der Waals surface area contributed by atoms with Crippen molar-refractivity contribution in [1.82, 2.24) is 4.57 Å². The number of nitrogens with zero attached hydrogens (tertiary/aromatic N) is 3. The Morgan fingerprint density at radius 2 is 1.19 bits per heavy atom. The molecule has 5 aromatic carbocycles. The van der Waals surface area contributed by atoms with Gasteiger partial charge < -0.3 is 13.9 Å². The van der Waals surface area contributed by atoms with Gasteiger partial charge in [-0.15, -0.1) is 0 Å². The Morgan fingerprint density at radius 3 is 1.76 bits per heavy atom. The minimum absolute atomic E-state index is 0.0238. The summed E-state index contributed by atoms with van der Waals surface area (Å²) in [7, 11) is 0. The van der Waals surface area contributed by atoms with Crippen molar-refractivity contribution < 1.29 is 4.42 Å². The lowest BCUT2D eigenvalue weighted by Gasteiger charge is -2.42. The van der Waals surface area contributed by atoms with Crippen LogP contribution in [0.1, 0.15) is 124 Å². The molecule has 0 amide bonds. The lowest BCUT2D eigenvalue weighted by Crippen LogP contribution is -2.43. The normalized spacial score (nSPS) is 18.7. The quantitative estimate of drug-likeness (QED) is 0.176. The van der Waals surface area contributed by atoms with Gasteiger partial charge in [-0.1, -0.05) is 144 Å². The standard InChI is InChI=1S/C54H57N3O/c1-50(2,3)33-18-21-43-38(27-33)39-28-34(51(4,5)6)19-22-44(39)56(43)48-47(32(31-55)26-40-37-16-14-15-17-46(37)58-49(40)48)57-45-23-20-35(52(7,8)9)29-41(45)42-30-36(53(10,11)12)24-25-54(42,57)13/h14-30,42H,1-13H3. The van der Waals surface area contributed by atoms with E-state index >= 15 is 0 Å². The average molecular weight is 764 g/mol. The van der Waals surface area contributed by atoms with Crippen LogP contribution in [0.3, 0.4) is 0 Å². The first-order valence-corrected chi connectivity index (χ1v) is 21.0. The second-order valence-corrected chi connectivity index (χ2v) is 21.3. The van der Waals surface area contributed by atoms with E-state index in [0.717, 1.165) is 50.0 Å². The summed E-state index contributed by atoms with van der Waals surface area (Å²) in [6.07, 6.45) is 7.23. The van der Waals surface area contributed by atoms with Crippen LogP contribution in [0.4, 0.5) is 11.4 Å². The molecule has 4 nitrogen and oxygen atoms in total. The van der Waals surface area contributed by atoms with Gasteiger partial charge in [0, 0.05) is 33.2 Å². The smallest absolute Gasteiger partial charge is 0.161 e. The van der Waals surface area contributed by atoms with Gasteiger partial charge in [-0.25, -0.2) is 0 Å². The third-order valence-corrected chi connectivity index (χ3v) is 13.1. The van der Waals surface area contributed by atoms with Gasteiger partial charge in [-0.2, -0.15) is 5.26 Å². The van der Waals surface area contributed by atoms with Crippen LogP contribution in [0.25, 0.3) is 49.4 Å². The molecule has 9 rings (SSSR count). The Hall–Kier alpha value is -5.53. The van der Waals surface area contributed by atoms with Crippen LogP contribution < -0.4 is 4.90 Å². The Balaban J connectivity index is 1.47. The number of fused-ring (bicyclic) bond motifs is 9. The zero-order valence-corrected chi connectivity index (χ0v) is 36.6. The Labute approximate surface area is 344 Å². The third-order valence-electron chi connectivity index (χ3n) is 13.1. The van der Waals surface area contributed by atoms with E-state index < -0.39 is 5.54 Å². The van der Waals surface area contributed by atoms with E-state index in [-0.39, 0.29) is 27.6 Å². The van der Waals surface area contributed by atoms with Crippen molar-refractivity contribution >= 4 is 55.1 Å². The van der Waals surface area contributed by atoms with Gasteiger partial charge in [0.2, 0.25) is 0 Å². The number of nitriles is 1. The SMILES string of the molecule is CC(C)(C)C1=CC2c3cc(C(C)(C)C)ccc3N(c3c(C#N)cc4c(oc5ccccc54)c3-n3c4ccc(C(C)(C)C)cc4c4cc(C(C)(C)C)ccc43)C2(C)C=C1. The molecule has 2 atom stereocenters. The van der Waals surface area contributed by atoms with Crippen molar-refractivity contribution in [3.63, 3.8) is 0 Å². The van der Waals surface area contributed by atoms with E-state index in [4.69, 9.17) is 4.42 Å². The summed E-state index contributed by atoms with van der Waals surface area (Å²) in [4.78, 5) is 2.48. The highest BCUT2D eigenvalue weighted by molar-refractivity contribution is 6.16. The molecule has 0 N–H and O–H groups in total. The van der Waals surface area contributed by atoms with Crippen LogP contribution in [0.5, 0.6) is 0 Å². The number of rotatable bonds is 2. The van der Waals surface area contributed by atoms with Gasteiger partial charge in [0.05, 0.1) is 27.8 Å². The molecular formula is C54H57N3O. The second kappa shape index (κ2) is 12.2. The first-order valence-electron chi connectivity index (χ1n) is 21.0. The summed E-state index contributed by atoms with van der Waals surface area (Å²) >= 11 is 0. The minimum atomic E-state index is -0.523. The molecule has 7 aromatic rings. The van der Waals surface area contributed by atoms with E-state index in [1.165, 1.54) is 38.6 Å². The maximum Gasteiger partial charge on any atom is 0.161 e. The molecule has 4 heteroatoms. The third kappa shape index (κ3) is 5.60. The molecule has 1 aliphatic carbocycles. The average Bonchev–Trinajstić information content (AvgIpc) is 3.76. The van der Waals surface area contributed by atoms with E-state index in [9.17, 15) is 5.26 Å². The van der Waals surface area contributed by atoms with Crippen molar-refractivity contribution in [2.75, 3.05) is 4.90 Å². The molecule has 3 heterocycles. The molecule has 1 aliphatic heterocycles. The zero-order valence-electron chi connectivity index (χ0n) is 36.6. The topological polar surface area (TPSA) is 45.1 Å². The maximum absolute atomic E-state index is 11.4. The molecule has 0 saturated carbocycles. The predicted octanol–water partition coefficient (Wildman–Crippen LogP) is 15.0. The summed E-state index contributed by atoms with van der Waals surface area (Å²) in [6.45, 7) is 29.8. The Kier molecular flexibility index (Phi) is 8.03. The maximum atomic E-state index is 11.4. The van der Waals surface area contributed by atoms with Crippen molar-refractivity contribution in [2.24, 2.45) is 5.41 Å². The summed E-state index contributed by atoms with van der Waals surface area (Å²) in [5.74, 6) is 0.0524. The molecule has 0 radical (unpaired) electrons. The number of hydrogen-bond donors (Lipinski definition) is 0. The molecule has 0 spiro atoms. The highest BCUT2D eigenvalue weighted by Gasteiger charge is 2.50. The van der Waals surface area contributed by atoms with E-state index in [1.54, 1.807) is 0 Å². The molecule has 2 unspecified atom stereocenters. The van der Waals surface area contributed by atoms with E-state index in [0.29, 0.717) is 5.56 Å². The van der Waals surface area contributed by atoms with Gasteiger partial charge in [0.15, 0.2) is 5.58 Å². The fraction of sp³-hybridized carbons (Fsp3) is 0.352. The van der Waals surface area contributed by atoms with Gasteiger partial charge in [0.1, 0.15) is 17.3 Å². The molecular weight excluding hydrogens is 707 g/mol. The van der Waals surface area contributed by atoms with Crippen LogP contribution >= 0.6 is 0 Å². The van der Waals surface area contributed by atoms with Crippen LogP contribution in [0.15, 0.2) is 113 Å². The monoisotopic (exact) mass is 763 g/mol. The fourth-order valence-corrected chi connectivity index (χ4v) is 9.53. The Morgan fingerprint density at radius 1 is 0.621 bits per heavy atom. The number of para-hydroxylation sites is 1. The van der Waals surface area contributed by atoms with Crippen LogP contribution in [0.2, 0.25) is 0 Å². The number of allylic oxidation sites excluding steroid dienone is 2. The first kappa shape index (κ1) is 38.0. The van der Waals surface area contributed by atoms with Gasteiger partial charge >= 0.3 is 0 Å². The Bertz CT molecular complexity index is 2890. The molecule has 0 saturated heterocycles. The summed E-state index contributed by atoms with van der Waals surface area (Å²) < 4.78 is 9.47. The largest absolute Gasteiger partial charge is 0.454 e. The van der Waals surface area contributed by atoms with Crippen LogP contribution in [-0.2, 0) is 16.2 Å². The number of furan rings is 1. The van der Waals surface area contributed by atoms with Gasteiger partial charge in [-0.3, -0.25) is 0 Å². The highest BCUT2D eigenvalue weighted by atomic mass is 16.3. The lowest BCUT2D eigenvalue weighted by atomic mass is 9.72. The molecule has 294 valence electrons. The van der Waals surface area contributed by atoms with Gasteiger partial charge in [-0.05, 0) is 98.9 Å². The van der Waals surface area contributed by atoms with E-state index in [1.807, 2.05) is 12.1 Å².